The number of hydrogen-bond acceptors (Lipinski definition) is 2. The molecule has 0 unspecified atom stereocenters. The van der Waals surface area contributed by atoms with Gasteiger partial charge in [0.1, 0.15) is 5.75 Å². The third-order valence-electron chi connectivity index (χ3n) is 3.49. The lowest BCUT2D eigenvalue weighted by Gasteiger charge is -2.27. The highest BCUT2D eigenvalue weighted by Gasteiger charge is 2.12. The second kappa shape index (κ2) is 7.52. The Balaban J connectivity index is 1.92. The van der Waals surface area contributed by atoms with E-state index in [1.807, 2.05) is 24.3 Å². The minimum atomic E-state index is 0.217. The second-order valence-electron chi connectivity index (χ2n) is 5.04. The zero-order valence-corrected chi connectivity index (χ0v) is 12.5. The molecule has 0 atom stereocenters. The summed E-state index contributed by atoms with van der Waals surface area (Å²) < 4.78 is 5.11. The van der Waals surface area contributed by atoms with Crippen LogP contribution < -0.4 is 16.2 Å². The van der Waals surface area contributed by atoms with Crippen LogP contribution in [0.5, 0.6) is 5.75 Å². The monoisotopic (exact) mass is 289 g/mol. The number of guanidine groups is 2. The number of aliphatic imine (C=N–C) groups is 2. The van der Waals surface area contributed by atoms with Gasteiger partial charge in [0, 0.05) is 13.1 Å². The van der Waals surface area contributed by atoms with Gasteiger partial charge in [0.15, 0.2) is 5.96 Å². The molecule has 6 heteroatoms. The average molecular weight is 289 g/mol. The fourth-order valence-electron chi connectivity index (χ4n) is 2.25. The van der Waals surface area contributed by atoms with Gasteiger partial charge in [0.2, 0.25) is 5.96 Å². The van der Waals surface area contributed by atoms with Crippen LogP contribution in [0.1, 0.15) is 24.8 Å². The molecule has 1 aromatic carbocycles. The zero-order chi connectivity index (χ0) is 15.1. The Kier molecular flexibility index (Phi) is 5.43. The molecule has 0 aromatic heterocycles. The van der Waals surface area contributed by atoms with E-state index < -0.39 is 0 Å². The van der Waals surface area contributed by atoms with Gasteiger partial charge in [-0.25, -0.2) is 4.99 Å². The van der Waals surface area contributed by atoms with Gasteiger partial charge in [-0.15, -0.1) is 0 Å². The quantitative estimate of drug-likeness (QED) is 0.648. The Morgan fingerprint density at radius 1 is 1.14 bits per heavy atom. The first-order valence-electron chi connectivity index (χ1n) is 7.21. The maximum absolute atomic E-state index is 5.95. The number of nitrogens with zero attached hydrogens (tertiary/aromatic N) is 3. The number of piperidine rings is 1. The van der Waals surface area contributed by atoms with Crippen molar-refractivity contribution in [3.05, 3.63) is 29.8 Å². The summed E-state index contributed by atoms with van der Waals surface area (Å²) in [6.07, 6.45) is 3.56. The molecule has 0 bridgehead atoms. The third kappa shape index (κ3) is 4.66. The van der Waals surface area contributed by atoms with E-state index in [1.54, 1.807) is 7.11 Å². The number of methoxy groups -OCH3 is 1. The van der Waals surface area contributed by atoms with E-state index in [1.165, 1.54) is 6.42 Å². The number of benzene rings is 1. The molecule has 2 rings (SSSR count). The first kappa shape index (κ1) is 15.2. The Morgan fingerprint density at radius 2 is 1.81 bits per heavy atom. The number of rotatable bonds is 3. The Labute approximate surface area is 125 Å². The smallest absolute Gasteiger partial charge is 0.218 e. The molecule has 1 aromatic rings. The van der Waals surface area contributed by atoms with Crippen molar-refractivity contribution in [2.45, 2.75) is 25.8 Å². The molecule has 0 saturated carbocycles. The zero-order valence-electron chi connectivity index (χ0n) is 12.5. The van der Waals surface area contributed by atoms with Crippen LogP contribution in [-0.4, -0.2) is 37.0 Å². The molecule has 0 spiro atoms. The van der Waals surface area contributed by atoms with Gasteiger partial charge in [-0.1, -0.05) is 12.1 Å². The van der Waals surface area contributed by atoms with Crippen LogP contribution in [-0.2, 0) is 6.54 Å². The van der Waals surface area contributed by atoms with E-state index in [0.29, 0.717) is 12.5 Å². The van der Waals surface area contributed by atoms with Gasteiger partial charge in [-0.3, -0.25) is 0 Å². The Hall–Kier alpha value is -2.24. The summed E-state index contributed by atoms with van der Waals surface area (Å²) in [6, 6.07) is 7.69. The molecule has 1 heterocycles. The van der Waals surface area contributed by atoms with Crippen molar-refractivity contribution in [1.29, 1.82) is 0 Å². The fraction of sp³-hybridized carbons (Fsp3) is 0.467. The van der Waals surface area contributed by atoms with E-state index in [2.05, 4.69) is 14.9 Å². The number of ether oxygens (including phenoxy) is 1. The van der Waals surface area contributed by atoms with Crippen LogP contribution in [0.25, 0.3) is 0 Å². The highest BCUT2D eigenvalue weighted by Crippen LogP contribution is 2.12. The van der Waals surface area contributed by atoms with E-state index in [9.17, 15) is 0 Å². The van der Waals surface area contributed by atoms with Crippen LogP contribution >= 0.6 is 0 Å². The minimum absolute atomic E-state index is 0.217. The number of nitrogens with two attached hydrogens (primary N) is 2. The van der Waals surface area contributed by atoms with Crippen LogP contribution in [0, 0.1) is 0 Å². The molecule has 0 aliphatic carbocycles. The third-order valence-corrected chi connectivity index (χ3v) is 3.49. The summed E-state index contributed by atoms with van der Waals surface area (Å²) in [5.74, 6) is 1.50. The van der Waals surface area contributed by atoms with Crippen molar-refractivity contribution in [3.8, 4) is 5.75 Å². The molecular weight excluding hydrogens is 266 g/mol. The van der Waals surface area contributed by atoms with Gasteiger partial charge in [-0.05, 0) is 37.0 Å². The van der Waals surface area contributed by atoms with Crippen LogP contribution in [0.15, 0.2) is 34.3 Å². The minimum Gasteiger partial charge on any atom is -0.497 e. The molecule has 21 heavy (non-hydrogen) atoms. The lowest BCUT2D eigenvalue weighted by Crippen LogP contribution is -2.41. The molecule has 1 aliphatic rings. The molecule has 1 saturated heterocycles. The van der Waals surface area contributed by atoms with Gasteiger partial charge in [0.25, 0.3) is 0 Å². The molecule has 114 valence electrons. The van der Waals surface area contributed by atoms with E-state index in [0.717, 1.165) is 37.2 Å². The maximum Gasteiger partial charge on any atom is 0.218 e. The van der Waals surface area contributed by atoms with Crippen LogP contribution in [0.2, 0.25) is 0 Å². The molecule has 6 nitrogen and oxygen atoms in total. The first-order chi connectivity index (χ1) is 10.2. The van der Waals surface area contributed by atoms with Crippen molar-refractivity contribution >= 4 is 11.9 Å². The maximum atomic E-state index is 5.95. The Bertz CT molecular complexity index is 503. The van der Waals surface area contributed by atoms with Crippen molar-refractivity contribution in [2.24, 2.45) is 21.5 Å². The van der Waals surface area contributed by atoms with Gasteiger partial charge >= 0.3 is 0 Å². The predicted molar refractivity (Wildman–Crippen MR) is 85.4 cm³/mol. The fourth-order valence-corrected chi connectivity index (χ4v) is 2.25. The molecule has 0 radical (unpaired) electrons. The topological polar surface area (TPSA) is 89.2 Å². The normalized spacial score (nSPS) is 16.9. The van der Waals surface area contributed by atoms with Crippen LogP contribution in [0.4, 0.5) is 0 Å². The summed E-state index contributed by atoms with van der Waals surface area (Å²) in [4.78, 5) is 10.5. The highest BCUT2D eigenvalue weighted by atomic mass is 16.5. The standard InChI is InChI=1S/C15H23N5O/c1-21-13-7-5-12(6-8-13)11-18-14(16)19-15(17)20-9-3-2-4-10-20/h5-8H,2-4,9-11H2,1H3,(H4,16,17,18,19). The van der Waals surface area contributed by atoms with Crippen molar-refractivity contribution in [2.75, 3.05) is 20.2 Å². The van der Waals surface area contributed by atoms with E-state index >= 15 is 0 Å². The predicted octanol–water partition coefficient (Wildman–Crippen LogP) is 1.31. The largest absolute Gasteiger partial charge is 0.497 e. The van der Waals surface area contributed by atoms with Crippen molar-refractivity contribution < 1.29 is 4.74 Å². The Morgan fingerprint density at radius 3 is 2.43 bits per heavy atom. The summed E-state index contributed by atoms with van der Waals surface area (Å²) in [5.41, 5.74) is 12.8. The summed E-state index contributed by atoms with van der Waals surface area (Å²) >= 11 is 0. The highest BCUT2D eigenvalue weighted by molar-refractivity contribution is 5.93. The van der Waals surface area contributed by atoms with Crippen molar-refractivity contribution in [3.63, 3.8) is 0 Å². The lowest BCUT2D eigenvalue weighted by molar-refractivity contribution is 0.339. The number of hydrogen-bond donors (Lipinski definition) is 2. The van der Waals surface area contributed by atoms with Gasteiger partial charge in [0.05, 0.1) is 13.7 Å². The lowest BCUT2D eigenvalue weighted by atomic mass is 10.1. The van der Waals surface area contributed by atoms with E-state index in [4.69, 9.17) is 16.2 Å². The average Bonchev–Trinajstić information content (AvgIpc) is 2.54. The first-order valence-corrected chi connectivity index (χ1v) is 7.21. The summed E-state index contributed by atoms with van der Waals surface area (Å²) in [7, 11) is 1.64. The SMILES string of the molecule is COc1ccc(CN=C(N)/N=C(\N)N2CCCCC2)cc1. The van der Waals surface area contributed by atoms with Gasteiger partial charge in [-0.2, -0.15) is 4.99 Å². The molecular formula is C15H23N5O. The summed E-state index contributed by atoms with van der Waals surface area (Å²) in [6.45, 7) is 2.37. The van der Waals surface area contributed by atoms with Crippen LogP contribution in [0.3, 0.4) is 0 Å². The van der Waals surface area contributed by atoms with Gasteiger partial charge < -0.3 is 21.1 Å². The molecule has 1 aliphatic heterocycles. The number of likely N-dealkylation sites (tertiary alicyclic amines) is 1. The molecule has 0 amide bonds. The molecule has 1 fully saturated rings. The van der Waals surface area contributed by atoms with Crippen molar-refractivity contribution in [1.82, 2.24) is 4.90 Å². The van der Waals surface area contributed by atoms with E-state index in [-0.39, 0.29) is 5.96 Å². The molecule has 4 N–H and O–H groups in total. The second-order valence-corrected chi connectivity index (χ2v) is 5.04. The summed E-state index contributed by atoms with van der Waals surface area (Å²) in [5, 5.41) is 0.